The summed E-state index contributed by atoms with van der Waals surface area (Å²) in [7, 11) is -2.23. The number of pyridine rings is 1. The Labute approximate surface area is 117 Å². The lowest BCUT2D eigenvalue weighted by Gasteiger charge is -2.10. The van der Waals surface area contributed by atoms with Crippen LogP contribution in [0.1, 0.15) is 5.56 Å². The highest BCUT2D eigenvalue weighted by atomic mass is 32.2. The van der Waals surface area contributed by atoms with E-state index in [-0.39, 0.29) is 10.7 Å². The lowest BCUT2D eigenvalue weighted by molar-refractivity contribution is 0.185. The number of ether oxygens (including phenoxy) is 1. The minimum Gasteiger partial charge on any atom is -0.396 e. The van der Waals surface area contributed by atoms with Gasteiger partial charge < -0.3 is 10.5 Å². The van der Waals surface area contributed by atoms with Gasteiger partial charge in [-0.15, -0.1) is 0 Å². The topological polar surface area (TPSA) is 94.3 Å². The maximum Gasteiger partial charge on any atom is 0.281 e. The van der Waals surface area contributed by atoms with E-state index < -0.39 is 10.0 Å². The molecule has 0 aliphatic rings. The summed E-state index contributed by atoms with van der Waals surface area (Å²) in [6.45, 7) is 0.404. The molecule has 1 aromatic carbocycles. The van der Waals surface area contributed by atoms with E-state index in [0.29, 0.717) is 12.3 Å². The number of rotatable bonds is 5. The maximum absolute atomic E-state index is 12.2. The zero-order valence-corrected chi connectivity index (χ0v) is 11.7. The fourth-order valence-corrected chi connectivity index (χ4v) is 2.83. The fraction of sp³-hybridized carbons (Fsp3) is 0.154. The second-order valence-electron chi connectivity index (χ2n) is 4.14. The average Bonchev–Trinajstić information content (AvgIpc) is 2.39. The second kappa shape index (κ2) is 5.89. The third-order valence-corrected chi connectivity index (χ3v) is 3.90. The van der Waals surface area contributed by atoms with Crippen molar-refractivity contribution in [2.75, 3.05) is 17.6 Å². The molecule has 0 aliphatic heterocycles. The van der Waals surface area contributed by atoms with Crippen molar-refractivity contribution in [3.05, 3.63) is 48.2 Å². The standard InChI is InChI=1S/C13H15N3O3S/c1-19-9-10-4-2-5-11(8-10)16-20(17,18)13-12(14)6-3-7-15-13/h2-8,16H,9,14H2,1H3. The number of aromatic nitrogens is 1. The molecule has 0 amide bonds. The van der Waals surface area contributed by atoms with Gasteiger partial charge in [0.15, 0.2) is 5.03 Å². The first kappa shape index (κ1) is 14.3. The molecular weight excluding hydrogens is 278 g/mol. The van der Waals surface area contributed by atoms with Crippen molar-refractivity contribution in [2.45, 2.75) is 11.6 Å². The minimum absolute atomic E-state index is 0.105. The van der Waals surface area contributed by atoms with Crippen LogP contribution in [0.5, 0.6) is 0 Å². The summed E-state index contributed by atoms with van der Waals surface area (Å²) in [5.41, 5.74) is 7.04. The van der Waals surface area contributed by atoms with Crippen LogP contribution in [0.15, 0.2) is 47.6 Å². The summed E-state index contributed by atoms with van der Waals surface area (Å²) in [6.07, 6.45) is 1.38. The number of hydrogen-bond donors (Lipinski definition) is 2. The molecule has 0 saturated heterocycles. The van der Waals surface area contributed by atoms with Crippen molar-refractivity contribution in [3.63, 3.8) is 0 Å². The van der Waals surface area contributed by atoms with Crippen LogP contribution in [0.3, 0.4) is 0 Å². The zero-order chi connectivity index (χ0) is 14.6. The highest BCUT2D eigenvalue weighted by molar-refractivity contribution is 7.92. The van der Waals surface area contributed by atoms with E-state index in [2.05, 4.69) is 9.71 Å². The molecule has 0 bridgehead atoms. The van der Waals surface area contributed by atoms with Gasteiger partial charge in [0.2, 0.25) is 0 Å². The van der Waals surface area contributed by atoms with E-state index in [9.17, 15) is 8.42 Å². The fourth-order valence-electron chi connectivity index (χ4n) is 1.72. The Kier molecular flexibility index (Phi) is 4.21. The molecule has 0 unspecified atom stereocenters. The van der Waals surface area contributed by atoms with Crippen molar-refractivity contribution in [3.8, 4) is 0 Å². The first-order chi connectivity index (χ1) is 9.53. The molecule has 0 atom stereocenters. The highest BCUT2D eigenvalue weighted by Gasteiger charge is 2.18. The van der Waals surface area contributed by atoms with Gasteiger partial charge in [-0.25, -0.2) is 4.98 Å². The molecule has 7 heteroatoms. The number of anilines is 2. The van der Waals surface area contributed by atoms with Gasteiger partial charge in [0.1, 0.15) is 0 Å². The Morgan fingerprint density at radius 2 is 2.10 bits per heavy atom. The van der Waals surface area contributed by atoms with Gasteiger partial charge in [-0.05, 0) is 29.8 Å². The normalized spacial score (nSPS) is 11.2. The third kappa shape index (κ3) is 3.25. The van der Waals surface area contributed by atoms with Crippen LogP contribution in [0.2, 0.25) is 0 Å². The van der Waals surface area contributed by atoms with E-state index in [1.807, 2.05) is 6.07 Å². The monoisotopic (exact) mass is 293 g/mol. The summed E-state index contributed by atoms with van der Waals surface area (Å²) in [5, 5.41) is -0.183. The number of nitrogens with zero attached hydrogens (tertiary/aromatic N) is 1. The van der Waals surface area contributed by atoms with Gasteiger partial charge in [0, 0.05) is 19.0 Å². The van der Waals surface area contributed by atoms with Gasteiger partial charge in [0.05, 0.1) is 12.3 Å². The number of nitrogens with two attached hydrogens (primary N) is 1. The summed E-state index contributed by atoms with van der Waals surface area (Å²) >= 11 is 0. The Balaban J connectivity index is 2.29. The van der Waals surface area contributed by atoms with Crippen molar-refractivity contribution in [1.29, 1.82) is 0 Å². The predicted octanol–water partition coefficient (Wildman–Crippen LogP) is 1.61. The zero-order valence-electron chi connectivity index (χ0n) is 10.9. The van der Waals surface area contributed by atoms with E-state index >= 15 is 0 Å². The van der Waals surface area contributed by atoms with Crippen LogP contribution >= 0.6 is 0 Å². The van der Waals surface area contributed by atoms with Gasteiger partial charge in [-0.3, -0.25) is 4.72 Å². The third-order valence-electron chi connectivity index (χ3n) is 2.55. The SMILES string of the molecule is COCc1cccc(NS(=O)(=O)c2ncccc2N)c1. The molecule has 2 aromatic rings. The Morgan fingerprint density at radius 3 is 2.80 bits per heavy atom. The average molecular weight is 293 g/mol. The van der Waals surface area contributed by atoms with Crippen LogP contribution in [-0.2, 0) is 21.4 Å². The van der Waals surface area contributed by atoms with E-state index in [0.717, 1.165) is 5.56 Å². The Morgan fingerprint density at radius 1 is 1.30 bits per heavy atom. The van der Waals surface area contributed by atoms with E-state index in [4.69, 9.17) is 10.5 Å². The molecule has 1 heterocycles. The molecule has 2 rings (SSSR count). The number of hydrogen-bond acceptors (Lipinski definition) is 5. The van der Waals surface area contributed by atoms with Crippen LogP contribution in [0, 0.1) is 0 Å². The Bertz CT molecular complexity index is 702. The highest BCUT2D eigenvalue weighted by Crippen LogP contribution is 2.19. The molecule has 0 radical (unpaired) electrons. The number of methoxy groups -OCH3 is 1. The van der Waals surface area contributed by atoms with Crippen LogP contribution < -0.4 is 10.5 Å². The molecule has 0 saturated carbocycles. The molecule has 0 spiro atoms. The summed E-state index contributed by atoms with van der Waals surface area (Å²) in [6, 6.07) is 10.00. The van der Waals surface area contributed by atoms with E-state index in [1.165, 1.54) is 12.3 Å². The largest absolute Gasteiger partial charge is 0.396 e. The van der Waals surface area contributed by atoms with Crippen molar-refractivity contribution < 1.29 is 13.2 Å². The van der Waals surface area contributed by atoms with Crippen molar-refractivity contribution in [1.82, 2.24) is 4.98 Å². The smallest absolute Gasteiger partial charge is 0.281 e. The second-order valence-corrected chi connectivity index (χ2v) is 5.73. The molecule has 106 valence electrons. The minimum atomic E-state index is -3.80. The van der Waals surface area contributed by atoms with Crippen LogP contribution in [-0.4, -0.2) is 20.5 Å². The number of nitrogen functional groups attached to an aromatic ring is 1. The Hall–Kier alpha value is -2.12. The molecule has 20 heavy (non-hydrogen) atoms. The first-order valence-electron chi connectivity index (χ1n) is 5.84. The lowest BCUT2D eigenvalue weighted by atomic mass is 10.2. The van der Waals surface area contributed by atoms with Crippen molar-refractivity contribution >= 4 is 21.4 Å². The van der Waals surface area contributed by atoms with Gasteiger partial charge >= 0.3 is 0 Å². The number of nitrogens with one attached hydrogen (secondary N) is 1. The summed E-state index contributed by atoms with van der Waals surface area (Å²) in [5.74, 6) is 0. The van der Waals surface area contributed by atoms with E-state index in [1.54, 1.807) is 31.4 Å². The predicted molar refractivity (Wildman–Crippen MR) is 76.6 cm³/mol. The van der Waals surface area contributed by atoms with Gasteiger partial charge in [-0.2, -0.15) is 8.42 Å². The maximum atomic E-state index is 12.2. The quantitative estimate of drug-likeness (QED) is 0.873. The molecule has 3 N–H and O–H groups in total. The van der Waals surface area contributed by atoms with Gasteiger partial charge in [0.25, 0.3) is 10.0 Å². The summed E-state index contributed by atoms with van der Waals surface area (Å²) < 4.78 is 31.9. The van der Waals surface area contributed by atoms with Gasteiger partial charge in [-0.1, -0.05) is 12.1 Å². The molecule has 0 fully saturated rings. The van der Waals surface area contributed by atoms with Crippen LogP contribution in [0.4, 0.5) is 11.4 Å². The van der Waals surface area contributed by atoms with Crippen LogP contribution in [0.25, 0.3) is 0 Å². The first-order valence-corrected chi connectivity index (χ1v) is 7.32. The van der Waals surface area contributed by atoms with Crippen molar-refractivity contribution in [2.24, 2.45) is 0 Å². The number of benzene rings is 1. The molecule has 6 nitrogen and oxygen atoms in total. The number of sulfonamides is 1. The lowest BCUT2D eigenvalue weighted by Crippen LogP contribution is -2.16. The molecular formula is C13H15N3O3S. The molecule has 0 aliphatic carbocycles. The molecule has 1 aromatic heterocycles. The summed E-state index contributed by atoms with van der Waals surface area (Å²) in [4.78, 5) is 3.80.